The van der Waals surface area contributed by atoms with E-state index in [-0.39, 0.29) is 17.8 Å². The van der Waals surface area contributed by atoms with Gasteiger partial charge >= 0.3 is 5.97 Å². The number of thiazole rings is 1. The monoisotopic (exact) mass is 471 g/mol. The van der Waals surface area contributed by atoms with Gasteiger partial charge in [-0.3, -0.25) is 19.7 Å². The maximum atomic E-state index is 12.1. The Kier molecular flexibility index (Phi) is 7.57. The molecule has 10 nitrogen and oxygen atoms in total. The first-order chi connectivity index (χ1) is 15.8. The van der Waals surface area contributed by atoms with Crippen LogP contribution in [0.25, 0.3) is 10.6 Å². The summed E-state index contributed by atoms with van der Waals surface area (Å²) in [5.41, 5.74) is 1.92. The van der Waals surface area contributed by atoms with E-state index in [1.165, 1.54) is 29.5 Å². The summed E-state index contributed by atoms with van der Waals surface area (Å²) in [7, 11) is 3.09. The molecule has 1 amide bonds. The summed E-state index contributed by atoms with van der Waals surface area (Å²) < 4.78 is 15.5. The van der Waals surface area contributed by atoms with Crippen molar-refractivity contribution in [2.24, 2.45) is 0 Å². The highest BCUT2D eigenvalue weighted by molar-refractivity contribution is 7.13. The molecule has 1 heterocycles. The van der Waals surface area contributed by atoms with Gasteiger partial charge in [0.05, 0.1) is 31.3 Å². The van der Waals surface area contributed by atoms with Gasteiger partial charge in [-0.15, -0.1) is 11.3 Å². The van der Waals surface area contributed by atoms with Crippen LogP contribution >= 0.6 is 11.3 Å². The number of carbonyl (C=O) groups excluding carboxylic acids is 2. The van der Waals surface area contributed by atoms with E-state index >= 15 is 0 Å². The van der Waals surface area contributed by atoms with Crippen molar-refractivity contribution in [1.82, 2.24) is 4.98 Å². The van der Waals surface area contributed by atoms with E-state index in [4.69, 9.17) is 14.2 Å². The molecule has 0 aliphatic carbocycles. The molecule has 33 heavy (non-hydrogen) atoms. The lowest BCUT2D eigenvalue weighted by molar-refractivity contribution is -0.385. The number of aryl methyl sites for hydroxylation is 1. The number of aromatic nitrogens is 1. The van der Waals surface area contributed by atoms with Gasteiger partial charge in [0.1, 0.15) is 5.01 Å². The maximum absolute atomic E-state index is 12.1. The summed E-state index contributed by atoms with van der Waals surface area (Å²) in [5, 5.41) is 15.9. The molecule has 0 aliphatic heterocycles. The average Bonchev–Trinajstić information content (AvgIpc) is 3.26. The van der Waals surface area contributed by atoms with Gasteiger partial charge in [-0.2, -0.15) is 0 Å². The number of hydrogen-bond donors (Lipinski definition) is 1. The minimum absolute atomic E-state index is 0.104. The average molecular weight is 471 g/mol. The fourth-order valence-electron chi connectivity index (χ4n) is 2.92. The third-order valence-corrected chi connectivity index (χ3v) is 5.50. The molecule has 0 bridgehead atoms. The lowest BCUT2D eigenvalue weighted by Gasteiger charge is -2.08. The van der Waals surface area contributed by atoms with E-state index < -0.39 is 23.4 Å². The van der Waals surface area contributed by atoms with Crippen LogP contribution in [0.1, 0.15) is 11.3 Å². The third-order valence-electron chi connectivity index (χ3n) is 4.56. The number of esters is 1. The van der Waals surface area contributed by atoms with E-state index in [0.717, 1.165) is 5.56 Å². The van der Waals surface area contributed by atoms with Crippen LogP contribution in [0.3, 0.4) is 0 Å². The van der Waals surface area contributed by atoms with Crippen molar-refractivity contribution in [1.29, 1.82) is 0 Å². The largest absolute Gasteiger partial charge is 0.493 e. The molecule has 3 rings (SSSR count). The minimum atomic E-state index is -0.621. The number of anilines is 1. The molecule has 1 aromatic heterocycles. The first kappa shape index (κ1) is 23.7. The smallest absolute Gasteiger partial charge is 0.312 e. The molecule has 11 heteroatoms. The Hall–Kier alpha value is -3.99. The molecular formula is C22H21N3O7S. The zero-order chi connectivity index (χ0) is 24.0. The number of ether oxygens (including phenoxy) is 3. The molecule has 1 N–H and O–H groups in total. The van der Waals surface area contributed by atoms with Crippen LogP contribution in [0.15, 0.2) is 41.8 Å². The van der Waals surface area contributed by atoms with Gasteiger partial charge in [-0.1, -0.05) is 6.07 Å². The zero-order valence-corrected chi connectivity index (χ0v) is 18.9. The van der Waals surface area contributed by atoms with E-state index in [1.807, 2.05) is 6.07 Å². The third kappa shape index (κ3) is 6.04. The van der Waals surface area contributed by atoms with Crippen LogP contribution in [0.2, 0.25) is 0 Å². The summed E-state index contributed by atoms with van der Waals surface area (Å²) in [6.45, 7) is 1.08. The Bertz CT molecular complexity index is 1190. The molecule has 0 fully saturated rings. The van der Waals surface area contributed by atoms with Gasteiger partial charge < -0.3 is 19.5 Å². The van der Waals surface area contributed by atoms with Crippen LogP contribution in [0, 0.1) is 17.0 Å². The Morgan fingerprint density at radius 1 is 1.12 bits per heavy atom. The topological polar surface area (TPSA) is 130 Å². The number of nitro groups is 1. The number of hydrogen-bond acceptors (Lipinski definition) is 9. The molecule has 0 radical (unpaired) electrons. The first-order valence-corrected chi connectivity index (χ1v) is 10.6. The summed E-state index contributed by atoms with van der Waals surface area (Å²) in [5.74, 6) is -0.0637. The highest BCUT2D eigenvalue weighted by atomic mass is 32.1. The second kappa shape index (κ2) is 10.6. The van der Waals surface area contributed by atoms with Crippen molar-refractivity contribution in [3.8, 4) is 22.1 Å². The first-order valence-electron chi connectivity index (χ1n) is 9.68. The van der Waals surface area contributed by atoms with Crippen molar-refractivity contribution in [2.45, 2.75) is 13.3 Å². The summed E-state index contributed by atoms with van der Waals surface area (Å²) in [6.07, 6.45) is -0.104. The Labute approximate surface area is 193 Å². The number of carbonyl (C=O) groups is 2. The van der Waals surface area contributed by atoms with Gasteiger partial charge in [0.25, 0.3) is 11.6 Å². The van der Waals surface area contributed by atoms with Crippen molar-refractivity contribution < 1.29 is 28.7 Å². The number of rotatable bonds is 9. The number of nitro benzene ring substituents is 1. The van der Waals surface area contributed by atoms with Crippen molar-refractivity contribution in [2.75, 3.05) is 26.1 Å². The van der Waals surface area contributed by atoms with Crippen molar-refractivity contribution >= 4 is 34.6 Å². The van der Waals surface area contributed by atoms with Crippen LogP contribution in [-0.4, -0.2) is 42.6 Å². The van der Waals surface area contributed by atoms with Crippen molar-refractivity contribution in [3.05, 3.63) is 63.1 Å². The minimum Gasteiger partial charge on any atom is -0.493 e. The lowest BCUT2D eigenvalue weighted by Crippen LogP contribution is -2.21. The summed E-state index contributed by atoms with van der Waals surface area (Å²) >= 11 is 1.36. The summed E-state index contributed by atoms with van der Waals surface area (Å²) in [6, 6.07) is 9.71. The standard InChI is InChI=1S/C22H21N3O7S/c1-13-4-6-15(9-17(13)25(28)29)23-20(26)11-32-21(27)10-16-12-33-22(24-16)14-5-7-18(30-2)19(8-14)31-3/h4-9,12H,10-11H2,1-3H3,(H,23,26). The highest BCUT2D eigenvalue weighted by Crippen LogP contribution is 2.33. The molecule has 172 valence electrons. The zero-order valence-electron chi connectivity index (χ0n) is 18.1. The molecular weight excluding hydrogens is 450 g/mol. The van der Waals surface area contributed by atoms with Gasteiger partial charge in [0.15, 0.2) is 18.1 Å². The number of nitrogens with one attached hydrogen (secondary N) is 1. The van der Waals surface area contributed by atoms with Gasteiger partial charge in [-0.25, -0.2) is 4.98 Å². The van der Waals surface area contributed by atoms with E-state index in [2.05, 4.69) is 10.3 Å². The van der Waals surface area contributed by atoms with Crippen molar-refractivity contribution in [3.63, 3.8) is 0 Å². The molecule has 2 aromatic carbocycles. The fraction of sp³-hybridized carbons (Fsp3) is 0.227. The Morgan fingerprint density at radius 3 is 2.58 bits per heavy atom. The maximum Gasteiger partial charge on any atom is 0.312 e. The van der Waals surface area contributed by atoms with E-state index in [9.17, 15) is 19.7 Å². The normalized spacial score (nSPS) is 10.4. The fourth-order valence-corrected chi connectivity index (χ4v) is 3.73. The second-order valence-electron chi connectivity index (χ2n) is 6.86. The van der Waals surface area contributed by atoms with Crippen LogP contribution < -0.4 is 14.8 Å². The number of amides is 1. The van der Waals surface area contributed by atoms with Crippen LogP contribution in [-0.2, 0) is 20.7 Å². The summed E-state index contributed by atoms with van der Waals surface area (Å²) in [4.78, 5) is 39.1. The Balaban J connectivity index is 1.54. The predicted molar refractivity (Wildman–Crippen MR) is 122 cm³/mol. The molecule has 0 aliphatic rings. The molecule has 0 atom stereocenters. The van der Waals surface area contributed by atoms with E-state index in [1.54, 1.807) is 38.7 Å². The number of benzene rings is 2. The number of methoxy groups -OCH3 is 2. The SMILES string of the molecule is COc1ccc(-c2nc(CC(=O)OCC(=O)Nc3ccc(C)c([N+](=O)[O-])c3)cs2)cc1OC. The number of nitrogens with zero attached hydrogens (tertiary/aromatic N) is 2. The second-order valence-corrected chi connectivity index (χ2v) is 7.72. The molecule has 0 saturated carbocycles. The van der Waals surface area contributed by atoms with Gasteiger partial charge in [0, 0.05) is 28.3 Å². The van der Waals surface area contributed by atoms with Gasteiger partial charge in [0.2, 0.25) is 0 Å². The molecule has 0 unspecified atom stereocenters. The Morgan fingerprint density at radius 2 is 1.88 bits per heavy atom. The lowest BCUT2D eigenvalue weighted by atomic mass is 10.2. The molecule has 0 spiro atoms. The van der Waals surface area contributed by atoms with Crippen LogP contribution in [0.5, 0.6) is 11.5 Å². The predicted octanol–water partition coefficient (Wildman–Crippen LogP) is 3.77. The highest BCUT2D eigenvalue weighted by Gasteiger charge is 2.15. The van der Waals surface area contributed by atoms with Crippen LogP contribution in [0.4, 0.5) is 11.4 Å². The molecule has 0 saturated heterocycles. The quantitative estimate of drug-likeness (QED) is 0.284. The van der Waals surface area contributed by atoms with Gasteiger partial charge in [-0.05, 0) is 31.2 Å². The van der Waals surface area contributed by atoms with E-state index in [0.29, 0.717) is 27.8 Å². The molecule has 3 aromatic rings.